The molecule has 2 rings (SSSR count). The van der Waals surface area contributed by atoms with Gasteiger partial charge >= 0.3 is 0 Å². The smallest absolute Gasteiger partial charge is 0.122 e. The Bertz CT molecular complexity index is 574. The summed E-state index contributed by atoms with van der Waals surface area (Å²) in [5.41, 5.74) is 3.79. The minimum atomic E-state index is 0.702. The zero-order valence-electron chi connectivity index (χ0n) is 12.7. The molecule has 0 aliphatic heterocycles. The summed E-state index contributed by atoms with van der Waals surface area (Å²) in [5.74, 6) is 1.01. The molecule has 0 saturated heterocycles. The van der Waals surface area contributed by atoms with E-state index in [0.29, 0.717) is 6.61 Å². The molecule has 0 bridgehead atoms. The molecular weight excluding hydrogens is 266 g/mol. The highest BCUT2D eigenvalue weighted by Crippen LogP contribution is 2.23. The van der Waals surface area contributed by atoms with E-state index in [0.717, 1.165) is 18.8 Å². The van der Waals surface area contributed by atoms with Crippen LogP contribution in [0.4, 0.5) is 0 Å². The molecule has 1 aromatic carbocycles. The van der Waals surface area contributed by atoms with Crippen LogP contribution in [0.15, 0.2) is 24.3 Å². The molecule has 20 heavy (non-hydrogen) atoms. The van der Waals surface area contributed by atoms with Crippen LogP contribution in [0.5, 0.6) is 5.75 Å². The van der Waals surface area contributed by atoms with Crippen LogP contribution in [0.2, 0.25) is 0 Å². The number of benzene rings is 1. The van der Waals surface area contributed by atoms with E-state index in [4.69, 9.17) is 4.74 Å². The van der Waals surface area contributed by atoms with Crippen LogP contribution in [0.1, 0.15) is 26.4 Å². The third-order valence-electron chi connectivity index (χ3n) is 3.40. The molecule has 0 aliphatic carbocycles. The fraction of sp³-hybridized carbons (Fsp3) is 0.412. The molecule has 108 valence electrons. The SMILES string of the molecule is Cc1cc(C)c(C)c(OCCNCc2ccc(C)s2)c1. The van der Waals surface area contributed by atoms with E-state index in [9.17, 15) is 0 Å². The van der Waals surface area contributed by atoms with Crippen LogP contribution in [0.3, 0.4) is 0 Å². The predicted molar refractivity (Wildman–Crippen MR) is 86.9 cm³/mol. The Morgan fingerprint density at radius 1 is 1.10 bits per heavy atom. The first-order valence-electron chi connectivity index (χ1n) is 7.03. The highest BCUT2D eigenvalue weighted by atomic mass is 32.1. The van der Waals surface area contributed by atoms with Crippen molar-refractivity contribution in [2.45, 2.75) is 34.2 Å². The zero-order chi connectivity index (χ0) is 14.5. The molecule has 0 fully saturated rings. The van der Waals surface area contributed by atoms with Crippen LogP contribution in [-0.2, 0) is 6.54 Å². The summed E-state index contributed by atoms with van der Waals surface area (Å²) in [7, 11) is 0. The first kappa shape index (κ1) is 15.1. The van der Waals surface area contributed by atoms with Gasteiger partial charge in [-0.1, -0.05) is 6.07 Å². The Morgan fingerprint density at radius 3 is 2.60 bits per heavy atom. The monoisotopic (exact) mass is 289 g/mol. The molecule has 0 radical (unpaired) electrons. The molecule has 1 aromatic heterocycles. The van der Waals surface area contributed by atoms with E-state index in [1.54, 1.807) is 0 Å². The maximum absolute atomic E-state index is 5.88. The molecule has 3 heteroatoms. The van der Waals surface area contributed by atoms with Crippen LogP contribution in [0.25, 0.3) is 0 Å². The lowest BCUT2D eigenvalue weighted by Gasteiger charge is -2.12. The first-order chi connectivity index (χ1) is 9.56. The van der Waals surface area contributed by atoms with Crippen LogP contribution >= 0.6 is 11.3 Å². The Morgan fingerprint density at radius 2 is 1.90 bits per heavy atom. The molecule has 1 heterocycles. The Balaban J connectivity index is 1.76. The van der Waals surface area contributed by atoms with Gasteiger partial charge in [0.1, 0.15) is 12.4 Å². The number of aryl methyl sites for hydroxylation is 3. The van der Waals surface area contributed by atoms with E-state index >= 15 is 0 Å². The van der Waals surface area contributed by atoms with Gasteiger partial charge in [0.25, 0.3) is 0 Å². The number of nitrogens with one attached hydrogen (secondary N) is 1. The first-order valence-corrected chi connectivity index (χ1v) is 7.84. The summed E-state index contributed by atoms with van der Waals surface area (Å²) >= 11 is 1.85. The standard InChI is InChI=1S/C17H23NOS/c1-12-9-13(2)15(4)17(10-12)19-8-7-18-11-16-6-5-14(3)20-16/h5-6,9-10,18H,7-8,11H2,1-4H3. The second kappa shape index (κ2) is 6.91. The second-order valence-corrected chi connectivity index (χ2v) is 6.62. The predicted octanol–water partition coefficient (Wildman–Crippen LogP) is 4.15. The number of hydrogen-bond acceptors (Lipinski definition) is 3. The van der Waals surface area contributed by atoms with Crippen molar-refractivity contribution in [1.29, 1.82) is 0 Å². The molecule has 0 aliphatic rings. The lowest BCUT2D eigenvalue weighted by Crippen LogP contribution is -2.20. The lowest BCUT2D eigenvalue weighted by molar-refractivity contribution is 0.311. The van der Waals surface area contributed by atoms with Gasteiger partial charge in [0, 0.05) is 22.8 Å². The number of rotatable bonds is 6. The van der Waals surface area contributed by atoms with Crippen molar-refractivity contribution in [3.63, 3.8) is 0 Å². The molecule has 2 aromatic rings. The van der Waals surface area contributed by atoms with Crippen molar-refractivity contribution in [1.82, 2.24) is 5.32 Å². The maximum atomic E-state index is 5.88. The van der Waals surface area contributed by atoms with Gasteiger partial charge in [0.2, 0.25) is 0 Å². The van der Waals surface area contributed by atoms with Crippen molar-refractivity contribution >= 4 is 11.3 Å². The fourth-order valence-electron chi connectivity index (χ4n) is 2.18. The van der Waals surface area contributed by atoms with Gasteiger partial charge in [-0.15, -0.1) is 11.3 Å². The van der Waals surface area contributed by atoms with Crippen LogP contribution in [0, 0.1) is 27.7 Å². The quantitative estimate of drug-likeness (QED) is 0.807. The summed E-state index contributed by atoms with van der Waals surface area (Å²) in [6.45, 7) is 11.0. The Kier molecular flexibility index (Phi) is 5.21. The van der Waals surface area contributed by atoms with Crippen LogP contribution < -0.4 is 10.1 Å². The van der Waals surface area contributed by atoms with Gasteiger partial charge in [0.15, 0.2) is 0 Å². The molecule has 0 spiro atoms. The Labute approximate surface area is 125 Å². The normalized spacial score (nSPS) is 10.8. The molecular formula is C17H23NOS. The minimum Gasteiger partial charge on any atom is -0.492 e. The van der Waals surface area contributed by atoms with Crippen LogP contribution in [-0.4, -0.2) is 13.2 Å². The summed E-state index contributed by atoms with van der Waals surface area (Å²) in [6.07, 6.45) is 0. The molecule has 0 unspecified atom stereocenters. The second-order valence-electron chi connectivity index (χ2n) is 5.24. The number of ether oxygens (including phenoxy) is 1. The fourth-order valence-corrected chi connectivity index (χ4v) is 3.04. The van der Waals surface area contributed by atoms with Crippen molar-refractivity contribution < 1.29 is 4.74 Å². The van der Waals surface area contributed by atoms with Gasteiger partial charge in [-0.25, -0.2) is 0 Å². The minimum absolute atomic E-state index is 0.702. The highest BCUT2D eigenvalue weighted by Gasteiger charge is 2.03. The molecule has 1 N–H and O–H groups in total. The highest BCUT2D eigenvalue weighted by molar-refractivity contribution is 7.11. The third kappa shape index (κ3) is 4.09. The number of thiophene rings is 1. The van der Waals surface area contributed by atoms with E-state index in [-0.39, 0.29) is 0 Å². The van der Waals surface area contributed by atoms with Gasteiger partial charge in [-0.2, -0.15) is 0 Å². The molecule has 0 amide bonds. The summed E-state index contributed by atoms with van der Waals surface area (Å²) < 4.78 is 5.88. The average Bonchev–Trinajstić information content (AvgIpc) is 2.80. The molecule has 2 nitrogen and oxygen atoms in total. The van der Waals surface area contributed by atoms with E-state index in [1.807, 2.05) is 11.3 Å². The van der Waals surface area contributed by atoms with E-state index < -0.39 is 0 Å². The summed E-state index contributed by atoms with van der Waals surface area (Å²) in [6, 6.07) is 8.66. The topological polar surface area (TPSA) is 21.3 Å². The zero-order valence-corrected chi connectivity index (χ0v) is 13.6. The van der Waals surface area contributed by atoms with Crippen molar-refractivity contribution in [3.8, 4) is 5.75 Å². The molecule has 0 atom stereocenters. The van der Waals surface area contributed by atoms with Crippen molar-refractivity contribution in [3.05, 3.63) is 50.7 Å². The van der Waals surface area contributed by atoms with Gasteiger partial charge in [-0.05, 0) is 62.6 Å². The van der Waals surface area contributed by atoms with Crippen molar-refractivity contribution in [2.75, 3.05) is 13.2 Å². The third-order valence-corrected chi connectivity index (χ3v) is 4.40. The van der Waals surface area contributed by atoms with Gasteiger partial charge in [-0.3, -0.25) is 0 Å². The summed E-state index contributed by atoms with van der Waals surface area (Å²) in [5, 5.41) is 3.42. The van der Waals surface area contributed by atoms with E-state index in [1.165, 1.54) is 26.4 Å². The van der Waals surface area contributed by atoms with E-state index in [2.05, 4.69) is 57.3 Å². The maximum Gasteiger partial charge on any atom is 0.122 e. The van der Waals surface area contributed by atoms with Crippen molar-refractivity contribution in [2.24, 2.45) is 0 Å². The number of hydrogen-bond donors (Lipinski definition) is 1. The molecule has 0 saturated carbocycles. The Hall–Kier alpha value is -1.32. The van der Waals surface area contributed by atoms with Gasteiger partial charge in [0.05, 0.1) is 0 Å². The summed E-state index contributed by atoms with van der Waals surface area (Å²) in [4.78, 5) is 2.74. The van der Waals surface area contributed by atoms with Gasteiger partial charge < -0.3 is 10.1 Å². The average molecular weight is 289 g/mol. The lowest BCUT2D eigenvalue weighted by atomic mass is 10.1. The largest absolute Gasteiger partial charge is 0.492 e.